The first kappa shape index (κ1) is 17.9. The van der Waals surface area contributed by atoms with E-state index in [1.165, 1.54) is 30.0 Å². The molecule has 0 saturated heterocycles. The SMILES string of the molecule is CCn1c(SCC(=O)NC(=O)Nc2ccccc2F)nc2ccccc21. The van der Waals surface area contributed by atoms with Gasteiger partial charge in [0.1, 0.15) is 5.82 Å². The maximum absolute atomic E-state index is 13.5. The number of imide groups is 1. The normalized spacial score (nSPS) is 10.7. The van der Waals surface area contributed by atoms with E-state index in [1.807, 2.05) is 35.8 Å². The highest BCUT2D eigenvalue weighted by atomic mass is 32.2. The molecule has 0 aliphatic heterocycles. The predicted octanol–water partition coefficient (Wildman–Crippen LogP) is 3.64. The van der Waals surface area contributed by atoms with Crippen molar-refractivity contribution in [3.63, 3.8) is 0 Å². The number of thioether (sulfide) groups is 1. The van der Waals surface area contributed by atoms with Gasteiger partial charge in [0.05, 0.1) is 22.5 Å². The summed E-state index contributed by atoms with van der Waals surface area (Å²) in [7, 11) is 0. The van der Waals surface area contributed by atoms with Crippen LogP contribution in [0.3, 0.4) is 0 Å². The Morgan fingerprint density at radius 2 is 1.88 bits per heavy atom. The summed E-state index contributed by atoms with van der Waals surface area (Å²) in [5.41, 5.74) is 1.86. The van der Waals surface area contributed by atoms with E-state index in [4.69, 9.17) is 0 Å². The monoisotopic (exact) mass is 372 g/mol. The van der Waals surface area contributed by atoms with Crippen molar-refractivity contribution in [2.75, 3.05) is 11.1 Å². The number of nitrogens with one attached hydrogen (secondary N) is 2. The van der Waals surface area contributed by atoms with E-state index < -0.39 is 17.8 Å². The second-order valence-electron chi connectivity index (χ2n) is 5.40. The maximum atomic E-state index is 13.5. The Morgan fingerprint density at radius 1 is 1.15 bits per heavy atom. The summed E-state index contributed by atoms with van der Waals surface area (Å²) in [5.74, 6) is -1.03. The number of amides is 3. The smallest absolute Gasteiger partial charge is 0.319 e. The van der Waals surface area contributed by atoms with Crippen molar-refractivity contribution in [1.82, 2.24) is 14.9 Å². The first-order valence-corrected chi connectivity index (χ1v) is 9.00. The molecule has 6 nitrogen and oxygen atoms in total. The Hall–Kier alpha value is -2.87. The molecule has 0 radical (unpaired) electrons. The lowest BCUT2D eigenvalue weighted by Crippen LogP contribution is -2.35. The van der Waals surface area contributed by atoms with Gasteiger partial charge in [-0.3, -0.25) is 10.1 Å². The van der Waals surface area contributed by atoms with Crippen LogP contribution in [0.5, 0.6) is 0 Å². The second kappa shape index (κ2) is 8.01. The molecule has 2 N–H and O–H groups in total. The van der Waals surface area contributed by atoms with E-state index in [0.29, 0.717) is 5.16 Å². The molecule has 3 rings (SSSR count). The molecule has 1 aromatic heterocycles. The maximum Gasteiger partial charge on any atom is 0.325 e. The molecule has 0 aliphatic carbocycles. The molecular formula is C18H17FN4O2S. The minimum absolute atomic E-state index is 0.0122. The first-order valence-electron chi connectivity index (χ1n) is 8.02. The molecule has 0 unspecified atom stereocenters. The number of carbonyl (C=O) groups excluding carboxylic acids is 2. The van der Waals surface area contributed by atoms with Gasteiger partial charge in [-0.05, 0) is 31.2 Å². The van der Waals surface area contributed by atoms with E-state index in [9.17, 15) is 14.0 Å². The standard InChI is InChI=1S/C18H17FN4O2S/c1-2-23-15-10-6-5-9-14(15)21-18(23)26-11-16(24)22-17(25)20-13-8-4-3-7-12(13)19/h3-10H,2,11H2,1H3,(H2,20,22,24,25). The number of para-hydroxylation sites is 3. The average molecular weight is 372 g/mol. The largest absolute Gasteiger partial charge is 0.325 e. The highest BCUT2D eigenvalue weighted by Crippen LogP contribution is 2.23. The zero-order valence-electron chi connectivity index (χ0n) is 14.0. The zero-order valence-corrected chi connectivity index (χ0v) is 14.8. The molecule has 0 bridgehead atoms. The third kappa shape index (κ3) is 4.02. The van der Waals surface area contributed by atoms with Crippen LogP contribution in [0, 0.1) is 5.82 Å². The van der Waals surface area contributed by atoms with Gasteiger partial charge >= 0.3 is 6.03 Å². The summed E-state index contributed by atoms with van der Waals surface area (Å²) in [6.45, 7) is 2.72. The van der Waals surface area contributed by atoms with Gasteiger partial charge in [0.25, 0.3) is 0 Å². The van der Waals surface area contributed by atoms with Crippen molar-refractivity contribution < 1.29 is 14.0 Å². The van der Waals surface area contributed by atoms with Gasteiger partial charge in [-0.1, -0.05) is 36.0 Å². The van der Waals surface area contributed by atoms with E-state index in [0.717, 1.165) is 17.6 Å². The van der Waals surface area contributed by atoms with E-state index in [-0.39, 0.29) is 11.4 Å². The van der Waals surface area contributed by atoms with Crippen LogP contribution in [-0.2, 0) is 11.3 Å². The van der Waals surface area contributed by atoms with Crippen molar-refractivity contribution in [3.8, 4) is 0 Å². The van der Waals surface area contributed by atoms with Gasteiger partial charge in [-0.2, -0.15) is 0 Å². The number of benzene rings is 2. The fraction of sp³-hybridized carbons (Fsp3) is 0.167. The van der Waals surface area contributed by atoms with Gasteiger partial charge in [0.15, 0.2) is 5.16 Å². The number of rotatable bonds is 5. The van der Waals surface area contributed by atoms with Crippen molar-refractivity contribution in [3.05, 3.63) is 54.3 Å². The summed E-state index contributed by atoms with van der Waals surface area (Å²) in [4.78, 5) is 28.3. The third-order valence-corrected chi connectivity index (χ3v) is 4.62. The quantitative estimate of drug-likeness (QED) is 0.671. The molecule has 1 heterocycles. The van der Waals surface area contributed by atoms with Crippen molar-refractivity contribution in [1.29, 1.82) is 0 Å². The fourth-order valence-electron chi connectivity index (χ4n) is 2.48. The molecule has 0 atom stereocenters. The van der Waals surface area contributed by atoms with Gasteiger partial charge in [0, 0.05) is 6.54 Å². The van der Waals surface area contributed by atoms with E-state index in [2.05, 4.69) is 15.6 Å². The minimum Gasteiger partial charge on any atom is -0.319 e. The Kier molecular flexibility index (Phi) is 5.52. The van der Waals surface area contributed by atoms with Crippen LogP contribution < -0.4 is 10.6 Å². The number of hydrogen-bond donors (Lipinski definition) is 2. The van der Waals surface area contributed by atoms with E-state index in [1.54, 1.807) is 6.07 Å². The number of nitrogens with zero attached hydrogens (tertiary/aromatic N) is 2. The third-order valence-electron chi connectivity index (χ3n) is 3.64. The highest BCUT2D eigenvalue weighted by Gasteiger charge is 2.14. The molecule has 134 valence electrons. The summed E-state index contributed by atoms with van der Waals surface area (Å²) in [6.07, 6.45) is 0. The van der Waals surface area contributed by atoms with Crippen LogP contribution >= 0.6 is 11.8 Å². The lowest BCUT2D eigenvalue weighted by molar-refractivity contribution is -0.117. The Labute approximate surface area is 153 Å². The van der Waals surface area contributed by atoms with Gasteiger partial charge in [-0.25, -0.2) is 14.2 Å². The van der Waals surface area contributed by atoms with Crippen molar-refractivity contribution >= 4 is 40.4 Å². The molecule has 3 aromatic rings. The lowest BCUT2D eigenvalue weighted by atomic mass is 10.3. The minimum atomic E-state index is -0.773. The summed E-state index contributed by atoms with van der Waals surface area (Å²) < 4.78 is 15.5. The number of aryl methyl sites for hydroxylation is 1. The topological polar surface area (TPSA) is 76.0 Å². The average Bonchev–Trinajstić information content (AvgIpc) is 2.99. The van der Waals surface area contributed by atoms with Crippen LogP contribution in [0.2, 0.25) is 0 Å². The first-order chi connectivity index (χ1) is 12.6. The molecule has 8 heteroatoms. The van der Waals surface area contributed by atoms with E-state index >= 15 is 0 Å². The molecule has 2 aromatic carbocycles. The summed E-state index contributed by atoms with van der Waals surface area (Å²) >= 11 is 1.24. The molecule has 0 saturated carbocycles. The van der Waals surface area contributed by atoms with Gasteiger partial charge in [-0.15, -0.1) is 0 Å². The van der Waals surface area contributed by atoms with Crippen LogP contribution in [0.1, 0.15) is 6.92 Å². The fourth-order valence-corrected chi connectivity index (χ4v) is 3.36. The molecule has 0 aliphatic rings. The van der Waals surface area contributed by atoms with Crippen LogP contribution in [0.4, 0.5) is 14.9 Å². The summed E-state index contributed by atoms with van der Waals surface area (Å²) in [6, 6.07) is 12.7. The van der Waals surface area contributed by atoms with Gasteiger partial charge < -0.3 is 9.88 Å². The van der Waals surface area contributed by atoms with Crippen LogP contribution in [0.25, 0.3) is 11.0 Å². The Bertz CT molecular complexity index is 957. The number of hydrogen-bond acceptors (Lipinski definition) is 4. The number of imidazole rings is 1. The summed E-state index contributed by atoms with van der Waals surface area (Å²) in [5, 5.41) is 5.20. The lowest BCUT2D eigenvalue weighted by Gasteiger charge is -2.08. The zero-order chi connectivity index (χ0) is 18.5. The molecule has 0 spiro atoms. The van der Waals surface area contributed by atoms with Gasteiger partial charge in [0.2, 0.25) is 5.91 Å². The number of urea groups is 1. The number of halogens is 1. The molecule has 0 fully saturated rings. The van der Waals surface area contributed by atoms with Crippen molar-refractivity contribution in [2.24, 2.45) is 0 Å². The van der Waals surface area contributed by atoms with Crippen LogP contribution in [0.15, 0.2) is 53.7 Å². The number of carbonyl (C=O) groups is 2. The molecular weight excluding hydrogens is 355 g/mol. The van der Waals surface area contributed by atoms with Crippen molar-refractivity contribution in [2.45, 2.75) is 18.6 Å². The van der Waals surface area contributed by atoms with Crippen LogP contribution in [-0.4, -0.2) is 27.2 Å². The number of anilines is 1. The second-order valence-corrected chi connectivity index (χ2v) is 6.34. The molecule has 26 heavy (non-hydrogen) atoms. The Morgan fingerprint density at radius 3 is 2.65 bits per heavy atom. The highest BCUT2D eigenvalue weighted by molar-refractivity contribution is 7.99. The predicted molar refractivity (Wildman–Crippen MR) is 99.7 cm³/mol. The number of aromatic nitrogens is 2. The molecule has 3 amide bonds. The number of fused-ring (bicyclic) bond motifs is 1. The Balaban J connectivity index is 1.59.